The third-order valence-corrected chi connectivity index (χ3v) is 3.55. The predicted molar refractivity (Wildman–Crippen MR) is 98.6 cm³/mol. The fourth-order valence-electron chi connectivity index (χ4n) is 2.04. The first kappa shape index (κ1) is 19.1. The quantitative estimate of drug-likeness (QED) is 0.679. The zero-order valence-electron chi connectivity index (χ0n) is 14.3. The Labute approximate surface area is 152 Å². The van der Waals surface area contributed by atoms with E-state index in [9.17, 15) is 4.79 Å². The van der Waals surface area contributed by atoms with E-state index < -0.39 is 6.10 Å². The molecule has 0 spiro atoms. The van der Waals surface area contributed by atoms with Crippen LogP contribution in [0.2, 0.25) is 5.02 Å². The molecule has 1 N–H and O–H groups in total. The van der Waals surface area contributed by atoms with E-state index in [2.05, 4.69) is 5.32 Å². The Morgan fingerprint density at radius 2 is 1.88 bits per heavy atom. The molecule has 0 aliphatic rings. The van der Waals surface area contributed by atoms with Gasteiger partial charge in [-0.05, 0) is 50.2 Å². The van der Waals surface area contributed by atoms with Gasteiger partial charge in [-0.3, -0.25) is 4.79 Å². The molecule has 0 aliphatic carbocycles. The van der Waals surface area contributed by atoms with Gasteiger partial charge >= 0.3 is 0 Å². The number of benzene rings is 2. The van der Waals surface area contributed by atoms with Gasteiger partial charge in [-0.2, -0.15) is 0 Å². The largest absolute Gasteiger partial charge is 0.491 e. The minimum atomic E-state index is -0.649. The van der Waals surface area contributed by atoms with Gasteiger partial charge in [0.15, 0.2) is 6.10 Å². The fourth-order valence-corrected chi connectivity index (χ4v) is 2.17. The van der Waals surface area contributed by atoms with Gasteiger partial charge in [0.1, 0.15) is 18.1 Å². The maximum absolute atomic E-state index is 12.3. The highest BCUT2D eigenvalue weighted by molar-refractivity contribution is 6.30. The van der Waals surface area contributed by atoms with Crippen molar-refractivity contribution >= 4 is 23.2 Å². The molecule has 2 aromatic rings. The molecule has 5 nitrogen and oxygen atoms in total. The van der Waals surface area contributed by atoms with Gasteiger partial charge in [-0.15, -0.1) is 0 Å². The molecule has 1 atom stereocenters. The van der Waals surface area contributed by atoms with Crippen LogP contribution in [-0.2, 0) is 9.53 Å². The van der Waals surface area contributed by atoms with Crippen molar-refractivity contribution in [3.05, 3.63) is 53.6 Å². The van der Waals surface area contributed by atoms with Crippen molar-refractivity contribution in [3.8, 4) is 11.5 Å². The number of hydrogen-bond donors (Lipinski definition) is 1. The van der Waals surface area contributed by atoms with Crippen LogP contribution in [0.1, 0.15) is 13.8 Å². The van der Waals surface area contributed by atoms with Gasteiger partial charge < -0.3 is 19.5 Å². The van der Waals surface area contributed by atoms with E-state index in [4.69, 9.17) is 25.8 Å². The zero-order valence-corrected chi connectivity index (χ0v) is 15.1. The number of amides is 1. The van der Waals surface area contributed by atoms with E-state index in [0.717, 1.165) is 0 Å². The van der Waals surface area contributed by atoms with E-state index in [1.807, 2.05) is 19.1 Å². The summed E-state index contributed by atoms with van der Waals surface area (Å²) in [6.07, 6.45) is -0.649. The van der Waals surface area contributed by atoms with Crippen LogP contribution in [-0.4, -0.2) is 31.8 Å². The maximum atomic E-state index is 12.3. The van der Waals surface area contributed by atoms with E-state index >= 15 is 0 Å². The Hall–Kier alpha value is -2.24. The van der Waals surface area contributed by atoms with E-state index in [0.29, 0.717) is 42.0 Å². The van der Waals surface area contributed by atoms with Crippen LogP contribution in [0.5, 0.6) is 11.5 Å². The number of rotatable bonds is 9. The highest BCUT2D eigenvalue weighted by Gasteiger charge is 2.15. The molecule has 1 unspecified atom stereocenters. The standard InChI is InChI=1S/C19H22ClNO4/c1-3-23-11-12-24-18-6-4-5-16(13-18)21-19(22)14(2)25-17-9-7-15(20)8-10-17/h4-10,13-14H,3,11-12H2,1-2H3,(H,21,22). The van der Waals surface area contributed by atoms with Crippen LogP contribution >= 0.6 is 11.6 Å². The summed E-state index contributed by atoms with van der Waals surface area (Å²) in [5, 5.41) is 3.43. The molecule has 6 heteroatoms. The molecule has 0 fully saturated rings. The molecule has 0 saturated carbocycles. The molecular weight excluding hydrogens is 342 g/mol. The van der Waals surface area contributed by atoms with Crippen LogP contribution in [0, 0.1) is 0 Å². The lowest BCUT2D eigenvalue weighted by molar-refractivity contribution is -0.122. The number of ether oxygens (including phenoxy) is 3. The van der Waals surface area contributed by atoms with Crippen LogP contribution in [0.25, 0.3) is 0 Å². The third-order valence-electron chi connectivity index (χ3n) is 3.30. The lowest BCUT2D eigenvalue weighted by Crippen LogP contribution is -2.30. The summed E-state index contributed by atoms with van der Waals surface area (Å²) in [7, 11) is 0. The summed E-state index contributed by atoms with van der Waals surface area (Å²) in [6, 6.07) is 14.1. The van der Waals surface area contributed by atoms with Gasteiger partial charge in [-0.25, -0.2) is 0 Å². The van der Waals surface area contributed by atoms with Crippen molar-refractivity contribution in [2.75, 3.05) is 25.1 Å². The second-order valence-corrected chi connectivity index (χ2v) is 5.71. The average molecular weight is 364 g/mol. The molecular formula is C19H22ClNO4. The van der Waals surface area contributed by atoms with Gasteiger partial charge in [0.05, 0.1) is 6.61 Å². The first-order valence-corrected chi connectivity index (χ1v) is 8.50. The first-order valence-electron chi connectivity index (χ1n) is 8.12. The van der Waals surface area contributed by atoms with E-state index in [1.54, 1.807) is 43.3 Å². The number of nitrogens with one attached hydrogen (secondary N) is 1. The minimum absolute atomic E-state index is 0.249. The molecule has 1 amide bonds. The van der Waals surface area contributed by atoms with Crippen molar-refractivity contribution < 1.29 is 19.0 Å². The third kappa shape index (κ3) is 6.64. The van der Waals surface area contributed by atoms with Crippen LogP contribution < -0.4 is 14.8 Å². The van der Waals surface area contributed by atoms with Gasteiger partial charge in [0.2, 0.25) is 0 Å². The van der Waals surface area contributed by atoms with Crippen molar-refractivity contribution in [3.63, 3.8) is 0 Å². The number of carbonyl (C=O) groups excluding carboxylic acids is 1. The van der Waals surface area contributed by atoms with E-state index in [-0.39, 0.29) is 5.91 Å². The summed E-state index contributed by atoms with van der Waals surface area (Å²) in [5.74, 6) is 1.00. The molecule has 2 aromatic carbocycles. The van der Waals surface area contributed by atoms with Crippen molar-refractivity contribution in [2.45, 2.75) is 20.0 Å². The SMILES string of the molecule is CCOCCOc1cccc(NC(=O)C(C)Oc2ccc(Cl)cc2)c1. The monoisotopic (exact) mass is 363 g/mol. The molecule has 0 saturated heterocycles. The number of carbonyl (C=O) groups is 1. The Balaban J connectivity index is 1.87. The molecule has 0 heterocycles. The highest BCUT2D eigenvalue weighted by atomic mass is 35.5. The Kier molecular flexibility index (Phi) is 7.57. The topological polar surface area (TPSA) is 56.8 Å². The molecule has 134 valence electrons. The predicted octanol–water partition coefficient (Wildman–Crippen LogP) is 4.16. The molecule has 25 heavy (non-hydrogen) atoms. The normalized spacial score (nSPS) is 11.6. The van der Waals surface area contributed by atoms with Crippen molar-refractivity contribution in [1.82, 2.24) is 0 Å². The summed E-state index contributed by atoms with van der Waals surface area (Å²) >= 11 is 5.83. The van der Waals surface area contributed by atoms with Gasteiger partial charge in [0, 0.05) is 23.4 Å². The Bertz CT molecular complexity index is 675. The molecule has 2 rings (SSSR count). The van der Waals surface area contributed by atoms with Crippen molar-refractivity contribution in [2.24, 2.45) is 0 Å². The molecule has 0 radical (unpaired) electrons. The molecule has 0 bridgehead atoms. The van der Waals surface area contributed by atoms with Crippen molar-refractivity contribution in [1.29, 1.82) is 0 Å². The molecule has 0 aromatic heterocycles. The summed E-state index contributed by atoms with van der Waals surface area (Å²) < 4.78 is 16.4. The second-order valence-electron chi connectivity index (χ2n) is 5.28. The number of anilines is 1. The highest BCUT2D eigenvalue weighted by Crippen LogP contribution is 2.19. The minimum Gasteiger partial charge on any atom is -0.491 e. The summed E-state index contributed by atoms with van der Waals surface area (Å²) in [5.41, 5.74) is 0.644. The van der Waals surface area contributed by atoms with Crippen LogP contribution in [0.15, 0.2) is 48.5 Å². The zero-order chi connectivity index (χ0) is 18.1. The fraction of sp³-hybridized carbons (Fsp3) is 0.316. The molecule has 0 aliphatic heterocycles. The lowest BCUT2D eigenvalue weighted by Gasteiger charge is -2.15. The van der Waals surface area contributed by atoms with Gasteiger partial charge in [-0.1, -0.05) is 17.7 Å². The van der Waals surface area contributed by atoms with E-state index in [1.165, 1.54) is 0 Å². The van der Waals surface area contributed by atoms with Gasteiger partial charge in [0.25, 0.3) is 5.91 Å². The maximum Gasteiger partial charge on any atom is 0.265 e. The number of halogens is 1. The second kappa shape index (κ2) is 9.91. The number of hydrogen-bond acceptors (Lipinski definition) is 4. The Morgan fingerprint density at radius 3 is 2.60 bits per heavy atom. The summed E-state index contributed by atoms with van der Waals surface area (Å²) in [6.45, 7) is 5.27. The lowest BCUT2D eigenvalue weighted by atomic mass is 10.2. The Morgan fingerprint density at radius 1 is 1.12 bits per heavy atom. The average Bonchev–Trinajstić information content (AvgIpc) is 2.61. The smallest absolute Gasteiger partial charge is 0.265 e. The van der Waals surface area contributed by atoms with Crippen LogP contribution in [0.4, 0.5) is 5.69 Å². The summed E-state index contributed by atoms with van der Waals surface area (Å²) in [4.78, 5) is 12.3. The van der Waals surface area contributed by atoms with Crippen LogP contribution in [0.3, 0.4) is 0 Å². The first-order chi connectivity index (χ1) is 12.1.